The number of carboxylic acids is 1. The number of likely N-dealkylation sites (tertiary alicyclic amines) is 1. The topological polar surface area (TPSA) is 40.5 Å². The molecule has 1 saturated heterocycles. The highest BCUT2D eigenvalue weighted by molar-refractivity contribution is 8.00. The van der Waals surface area contributed by atoms with Gasteiger partial charge in [0.2, 0.25) is 0 Å². The van der Waals surface area contributed by atoms with Crippen LogP contribution in [0.25, 0.3) is 0 Å². The van der Waals surface area contributed by atoms with Crippen LogP contribution in [0.4, 0.5) is 0 Å². The zero-order valence-corrected chi connectivity index (χ0v) is 18.0. The lowest BCUT2D eigenvalue weighted by Gasteiger charge is -2.31. The molecule has 28 heavy (non-hydrogen) atoms. The number of nitrogens with zero attached hydrogens (tertiary/aromatic N) is 1. The number of carboxylic acid groups (broad SMARTS) is 1. The van der Waals surface area contributed by atoms with Gasteiger partial charge in [-0.05, 0) is 54.3 Å². The van der Waals surface area contributed by atoms with Gasteiger partial charge >= 0.3 is 5.97 Å². The fourth-order valence-electron chi connectivity index (χ4n) is 4.04. The lowest BCUT2D eigenvalue weighted by Crippen LogP contribution is -2.39. The van der Waals surface area contributed by atoms with Gasteiger partial charge < -0.3 is 10.0 Å². The summed E-state index contributed by atoms with van der Waals surface area (Å²) in [6, 6.07) is 14.9. The highest BCUT2D eigenvalue weighted by atomic mass is 35.5. The van der Waals surface area contributed by atoms with E-state index in [9.17, 15) is 9.90 Å². The Balaban J connectivity index is 1.50. The second-order valence-corrected chi connectivity index (χ2v) is 10.1. The fraction of sp³-hybridized carbons (Fsp3) is 0.409. The van der Waals surface area contributed by atoms with Gasteiger partial charge in [0.05, 0.1) is 11.2 Å². The number of hydrogen-bond acceptors (Lipinski definition) is 4. The first kappa shape index (κ1) is 20.1. The smallest absolute Gasteiger partial charge is 0.307 e. The Morgan fingerprint density at radius 3 is 2.96 bits per heavy atom. The SMILES string of the molecule is O=C(O)C1CCCN(CCSC2c3ccccc3CSc3ccc(Cl)cc32)C1. The minimum absolute atomic E-state index is 0.215. The Morgan fingerprint density at radius 1 is 1.25 bits per heavy atom. The quantitative estimate of drug-likeness (QED) is 0.667. The summed E-state index contributed by atoms with van der Waals surface area (Å²) in [4.78, 5) is 14.9. The van der Waals surface area contributed by atoms with Crippen LogP contribution < -0.4 is 0 Å². The lowest BCUT2D eigenvalue weighted by molar-refractivity contribution is -0.143. The van der Waals surface area contributed by atoms with Crippen molar-refractivity contribution in [2.45, 2.75) is 28.7 Å². The van der Waals surface area contributed by atoms with E-state index in [0.717, 1.165) is 42.5 Å². The van der Waals surface area contributed by atoms with Gasteiger partial charge in [0.25, 0.3) is 0 Å². The van der Waals surface area contributed by atoms with Crippen molar-refractivity contribution in [3.05, 3.63) is 64.2 Å². The van der Waals surface area contributed by atoms with Gasteiger partial charge in [-0.3, -0.25) is 4.79 Å². The van der Waals surface area contributed by atoms with E-state index in [1.165, 1.54) is 21.6 Å². The monoisotopic (exact) mass is 433 g/mol. The van der Waals surface area contributed by atoms with Crippen molar-refractivity contribution in [1.82, 2.24) is 4.90 Å². The summed E-state index contributed by atoms with van der Waals surface area (Å²) in [6.07, 6.45) is 1.78. The van der Waals surface area contributed by atoms with Gasteiger partial charge in [-0.2, -0.15) is 0 Å². The molecule has 2 unspecified atom stereocenters. The Hall–Kier alpha value is -1.14. The van der Waals surface area contributed by atoms with E-state index < -0.39 is 5.97 Å². The van der Waals surface area contributed by atoms with E-state index in [4.69, 9.17) is 11.6 Å². The molecule has 3 nitrogen and oxygen atoms in total. The number of piperidine rings is 1. The molecule has 6 heteroatoms. The summed E-state index contributed by atoms with van der Waals surface area (Å²) in [6.45, 7) is 2.61. The molecule has 2 aliphatic rings. The van der Waals surface area contributed by atoms with Gasteiger partial charge in [0.1, 0.15) is 0 Å². The fourth-order valence-corrected chi connectivity index (χ4v) is 6.76. The molecule has 0 aliphatic carbocycles. The van der Waals surface area contributed by atoms with E-state index in [1.54, 1.807) is 0 Å². The Bertz CT molecular complexity index is 860. The summed E-state index contributed by atoms with van der Waals surface area (Å²) < 4.78 is 0. The van der Waals surface area contributed by atoms with Crippen molar-refractivity contribution in [3.8, 4) is 0 Å². The predicted octanol–water partition coefficient (Wildman–Crippen LogP) is 5.56. The van der Waals surface area contributed by atoms with Crippen molar-refractivity contribution in [1.29, 1.82) is 0 Å². The third-order valence-electron chi connectivity index (χ3n) is 5.52. The number of halogens is 1. The van der Waals surface area contributed by atoms with Crippen molar-refractivity contribution in [2.75, 3.05) is 25.4 Å². The van der Waals surface area contributed by atoms with Crippen molar-refractivity contribution >= 4 is 41.1 Å². The molecule has 0 amide bonds. The molecule has 1 N–H and O–H groups in total. The molecule has 2 aromatic rings. The zero-order valence-electron chi connectivity index (χ0n) is 15.6. The molecule has 0 spiro atoms. The third-order valence-corrected chi connectivity index (χ3v) is 8.15. The molecule has 0 saturated carbocycles. The Kier molecular flexibility index (Phi) is 6.56. The molecule has 2 heterocycles. The summed E-state index contributed by atoms with van der Waals surface area (Å²) in [7, 11) is 0. The third kappa shape index (κ3) is 4.54. The summed E-state index contributed by atoms with van der Waals surface area (Å²) >= 11 is 10.2. The van der Waals surface area contributed by atoms with Crippen LogP contribution in [0.2, 0.25) is 5.02 Å². The second-order valence-electron chi connectivity index (χ2n) is 7.40. The van der Waals surface area contributed by atoms with Crippen LogP contribution in [0.3, 0.4) is 0 Å². The molecular formula is C22H24ClNO2S2. The van der Waals surface area contributed by atoms with Gasteiger partial charge in [0.15, 0.2) is 0 Å². The zero-order chi connectivity index (χ0) is 19.5. The standard InChI is InChI=1S/C22H24ClNO2S2/c23-17-7-8-20-19(12-17)21(18-6-2-1-4-16(18)14-28-20)27-11-10-24-9-3-5-15(13-24)22(25)26/h1-2,4,6-8,12,15,21H,3,5,9-11,13-14H2,(H,25,26). The first-order valence-corrected chi connectivity index (χ1v) is 12.1. The number of aliphatic carboxylic acids is 1. The van der Waals surface area contributed by atoms with Gasteiger partial charge in [-0.15, -0.1) is 23.5 Å². The van der Waals surface area contributed by atoms with E-state index in [1.807, 2.05) is 29.6 Å². The Labute approximate surface area is 179 Å². The molecule has 2 aliphatic heterocycles. The molecule has 0 aromatic heterocycles. The normalized spacial score (nSPS) is 22.2. The molecular weight excluding hydrogens is 410 g/mol. The highest BCUT2D eigenvalue weighted by Gasteiger charge is 2.27. The second kappa shape index (κ2) is 9.12. The average molecular weight is 434 g/mol. The van der Waals surface area contributed by atoms with Crippen LogP contribution in [0.5, 0.6) is 0 Å². The first-order valence-electron chi connectivity index (χ1n) is 9.68. The van der Waals surface area contributed by atoms with Crippen LogP contribution in [-0.2, 0) is 10.5 Å². The minimum atomic E-state index is -0.657. The summed E-state index contributed by atoms with van der Waals surface area (Å²) in [5, 5.41) is 10.4. The van der Waals surface area contributed by atoms with Crippen LogP contribution in [0, 0.1) is 5.92 Å². The van der Waals surface area contributed by atoms with Crippen LogP contribution in [0.1, 0.15) is 34.8 Å². The van der Waals surface area contributed by atoms with E-state index in [2.05, 4.69) is 41.3 Å². The molecule has 1 fully saturated rings. The molecule has 4 rings (SSSR count). The van der Waals surface area contributed by atoms with Crippen LogP contribution in [0.15, 0.2) is 47.4 Å². The number of fused-ring (bicyclic) bond motifs is 2. The van der Waals surface area contributed by atoms with Gasteiger partial charge in [-0.1, -0.05) is 35.9 Å². The summed E-state index contributed by atoms with van der Waals surface area (Å²) in [5.41, 5.74) is 4.07. The maximum Gasteiger partial charge on any atom is 0.307 e. The molecule has 2 aromatic carbocycles. The number of hydrogen-bond donors (Lipinski definition) is 1. The number of carbonyl (C=O) groups is 1. The van der Waals surface area contributed by atoms with E-state index in [0.29, 0.717) is 6.54 Å². The number of thioether (sulfide) groups is 2. The molecule has 0 radical (unpaired) electrons. The first-order chi connectivity index (χ1) is 13.6. The van der Waals surface area contributed by atoms with Crippen LogP contribution in [-0.4, -0.2) is 41.4 Å². The van der Waals surface area contributed by atoms with Gasteiger partial charge in [-0.25, -0.2) is 0 Å². The number of rotatable bonds is 5. The van der Waals surface area contributed by atoms with E-state index in [-0.39, 0.29) is 11.2 Å². The van der Waals surface area contributed by atoms with E-state index >= 15 is 0 Å². The van der Waals surface area contributed by atoms with Crippen molar-refractivity contribution < 1.29 is 9.90 Å². The summed E-state index contributed by atoms with van der Waals surface area (Å²) in [5.74, 6) is 1.08. The van der Waals surface area contributed by atoms with Crippen LogP contribution >= 0.6 is 35.1 Å². The lowest BCUT2D eigenvalue weighted by atomic mass is 9.98. The Morgan fingerprint density at radius 2 is 2.11 bits per heavy atom. The highest BCUT2D eigenvalue weighted by Crippen LogP contribution is 2.46. The van der Waals surface area contributed by atoms with Crippen molar-refractivity contribution in [3.63, 3.8) is 0 Å². The maximum absolute atomic E-state index is 11.3. The largest absolute Gasteiger partial charge is 0.481 e. The van der Waals surface area contributed by atoms with Gasteiger partial charge in [0, 0.05) is 34.5 Å². The molecule has 148 valence electrons. The van der Waals surface area contributed by atoms with Crippen molar-refractivity contribution in [2.24, 2.45) is 5.92 Å². The number of benzene rings is 2. The average Bonchev–Trinajstić information content (AvgIpc) is 2.85. The predicted molar refractivity (Wildman–Crippen MR) is 119 cm³/mol. The molecule has 0 bridgehead atoms. The minimum Gasteiger partial charge on any atom is -0.481 e. The maximum atomic E-state index is 11.3. The molecule has 2 atom stereocenters.